The molecular formula is C26H31N3O5S. The van der Waals surface area contributed by atoms with E-state index in [1.807, 2.05) is 55.1 Å². The molecule has 1 saturated heterocycles. The second kappa shape index (κ2) is 10.2. The van der Waals surface area contributed by atoms with Crippen molar-refractivity contribution in [2.75, 3.05) is 46.9 Å². The molecule has 1 aliphatic heterocycles. The van der Waals surface area contributed by atoms with Crippen molar-refractivity contribution < 1.29 is 22.7 Å². The van der Waals surface area contributed by atoms with Crippen LogP contribution >= 0.6 is 0 Å². The molecule has 0 bridgehead atoms. The Morgan fingerprint density at radius 2 is 1.60 bits per heavy atom. The van der Waals surface area contributed by atoms with E-state index in [2.05, 4.69) is 4.57 Å². The van der Waals surface area contributed by atoms with Gasteiger partial charge in [0.1, 0.15) is 16.4 Å². The third-order valence-corrected chi connectivity index (χ3v) is 8.35. The SMILES string of the molecule is COc1ccc(OC)c(S(=O)(=O)N2CCN(CC(=O)c3cc(C)n(-c4ccccc4)c3C)CC2)c1. The van der Waals surface area contributed by atoms with Crippen molar-refractivity contribution in [2.45, 2.75) is 18.7 Å². The number of methoxy groups -OCH3 is 2. The Morgan fingerprint density at radius 1 is 0.914 bits per heavy atom. The van der Waals surface area contributed by atoms with Crippen molar-refractivity contribution in [1.82, 2.24) is 13.8 Å². The van der Waals surface area contributed by atoms with Crippen LogP contribution < -0.4 is 9.47 Å². The molecule has 0 unspecified atom stereocenters. The number of piperazine rings is 1. The molecule has 35 heavy (non-hydrogen) atoms. The van der Waals surface area contributed by atoms with Gasteiger partial charge in [-0.15, -0.1) is 0 Å². The van der Waals surface area contributed by atoms with Gasteiger partial charge in [-0.1, -0.05) is 18.2 Å². The number of ether oxygens (including phenoxy) is 2. The number of para-hydroxylation sites is 1. The smallest absolute Gasteiger partial charge is 0.246 e. The molecule has 1 aromatic heterocycles. The van der Waals surface area contributed by atoms with Crippen LogP contribution in [0.2, 0.25) is 0 Å². The zero-order chi connectivity index (χ0) is 25.2. The van der Waals surface area contributed by atoms with E-state index < -0.39 is 10.0 Å². The molecular weight excluding hydrogens is 466 g/mol. The summed E-state index contributed by atoms with van der Waals surface area (Å²) in [6.45, 7) is 5.71. The Bertz CT molecular complexity index is 1310. The summed E-state index contributed by atoms with van der Waals surface area (Å²) < 4.78 is 40.6. The Labute approximate surface area is 206 Å². The summed E-state index contributed by atoms with van der Waals surface area (Å²) >= 11 is 0. The van der Waals surface area contributed by atoms with Crippen LogP contribution in [0.25, 0.3) is 5.69 Å². The number of carbonyl (C=O) groups is 1. The maximum Gasteiger partial charge on any atom is 0.246 e. The monoisotopic (exact) mass is 497 g/mol. The number of aromatic nitrogens is 1. The third kappa shape index (κ3) is 4.98. The zero-order valence-corrected chi connectivity index (χ0v) is 21.3. The van der Waals surface area contributed by atoms with E-state index in [0.717, 1.165) is 17.1 Å². The molecule has 0 radical (unpaired) electrons. The molecule has 186 valence electrons. The van der Waals surface area contributed by atoms with Crippen LogP contribution in [-0.4, -0.2) is 74.9 Å². The van der Waals surface area contributed by atoms with Gasteiger partial charge in [0.25, 0.3) is 0 Å². The minimum atomic E-state index is -3.77. The molecule has 4 rings (SSSR count). The minimum Gasteiger partial charge on any atom is -0.497 e. The first kappa shape index (κ1) is 25.0. The van der Waals surface area contributed by atoms with Crippen LogP contribution in [0.5, 0.6) is 11.5 Å². The predicted octanol–water partition coefficient (Wildman–Crippen LogP) is 3.30. The van der Waals surface area contributed by atoms with Crippen molar-refractivity contribution in [3.8, 4) is 17.2 Å². The number of aryl methyl sites for hydroxylation is 1. The maximum absolute atomic E-state index is 13.3. The van der Waals surface area contributed by atoms with Gasteiger partial charge < -0.3 is 14.0 Å². The first-order chi connectivity index (χ1) is 16.8. The first-order valence-corrected chi connectivity index (χ1v) is 12.9. The third-order valence-electron chi connectivity index (χ3n) is 6.43. The molecule has 0 spiro atoms. The predicted molar refractivity (Wildman–Crippen MR) is 134 cm³/mol. The van der Waals surface area contributed by atoms with Gasteiger partial charge >= 0.3 is 0 Å². The van der Waals surface area contributed by atoms with E-state index in [4.69, 9.17) is 9.47 Å². The lowest BCUT2D eigenvalue weighted by atomic mass is 10.1. The number of Topliss-reactive ketones (excluding diaryl/α,β-unsaturated/α-hetero) is 1. The van der Waals surface area contributed by atoms with Gasteiger partial charge in [-0.3, -0.25) is 9.69 Å². The lowest BCUT2D eigenvalue weighted by molar-refractivity contribution is 0.0901. The highest BCUT2D eigenvalue weighted by molar-refractivity contribution is 7.89. The maximum atomic E-state index is 13.3. The molecule has 8 nitrogen and oxygen atoms in total. The zero-order valence-electron chi connectivity index (χ0n) is 20.5. The molecule has 0 amide bonds. The number of benzene rings is 2. The molecule has 2 aromatic carbocycles. The van der Waals surface area contributed by atoms with Gasteiger partial charge in [0.2, 0.25) is 10.0 Å². The standard InChI is InChI=1S/C26H31N3O5S/c1-19-16-23(20(2)29(19)21-8-6-5-7-9-21)24(30)18-27-12-14-28(15-13-27)35(31,32)26-17-22(33-3)10-11-25(26)34-4/h5-11,16-17H,12-15,18H2,1-4H3. The number of hydrogen-bond donors (Lipinski definition) is 0. The number of rotatable bonds is 8. The van der Waals surface area contributed by atoms with Crippen molar-refractivity contribution >= 4 is 15.8 Å². The van der Waals surface area contributed by atoms with Gasteiger partial charge in [0, 0.05) is 54.9 Å². The van der Waals surface area contributed by atoms with Crippen LogP contribution in [0.15, 0.2) is 59.5 Å². The van der Waals surface area contributed by atoms with Crippen LogP contribution in [0.4, 0.5) is 0 Å². The quantitative estimate of drug-likeness (QED) is 0.444. The summed E-state index contributed by atoms with van der Waals surface area (Å²) in [5.41, 5.74) is 3.63. The molecule has 3 aromatic rings. The molecule has 0 aliphatic carbocycles. The van der Waals surface area contributed by atoms with E-state index in [-0.39, 0.29) is 23.0 Å². The number of carbonyl (C=O) groups excluding carboxylic acids is 1. The summed E-state index contributed by atoms with van der Waals surface area (Å²) in [7, 11) is -0.833. The fraction of sp³-hybridized carbons (Fsp3) is 0.346. The highest BCUT2D eigenvalue weighted by Gasteiger charge is 2.32. The second-order valence-electron chi connectivity index (χ2n) is 8.58. The highest BCUT2D eigenvalue weighted by atomic mass is 32.2. The molecule has 0 atom stereocenters. The van der Waals surface area contributed by atoms with E-state index in [1.165, 1.54) is 24.6 Å². The van der Waals surface area contributed by atoms with Gasteiger partial charge in [0.15, 0.2) is 5.78 Å². The molecule has 1 aliphatic rings. The van der Waals surface area contributed by atoms with Crippen molar-refractivity contribution in [3.63, 3.8) is 0 Å². The van der Waals surface area contributed by atoms with Crippen LogP contribution in [0.1, 0.15) is 21.7 Å². The number of hydrogen-bond acceptors (Lipinski definition) is 6. The fourth-order valence-electron chi connectivity index (χ4n) is 4.56. The average Bonchev–Trinajstić information content (AvgIpc) is 3.18. The number of ketones is 1. The van der Waals surface area contributed by atoms with E-state index in [1.54, 1.807) is 12.1 Å². The van der Waals surface area contributed by atoms with E-state index in [0.29, 0.717) is 37.5 Å². The van der Waals surface area contributed by atoms with Crippen molar-refractivity contribution in [1.29, 1.82) is 0 Å². The summed E-state index contributed by atoms with van der Waals surface area (Å²) in [5, 5.41) is 0. The molecule has 2 heterocycles. The van der Waals surface area contributed by atoms with E-state index >= 15 is 0 Å². The lowest BCUT2D eigenvalue weighted by Crippen LogP contribution is -2.49. The highest BCUT2D eigenvalue weighted by Crippen LogP contribution is 2.31. The lowest BCUT2D eigenvalue weighted by Gasteiger charge is -2.33. The minimum absolute atomic E-state index is 0.0334. The van der Waals surface area contributed by atoms with Crippen LogP contribution in [0.3, 0.4) is 0 Å². The van der Waals surface area contributed by atoms with E-state index in [9.17, 15) is 13.2 Å². The second-order valence-corrected chi connectivity index (χ2v) is 10.5. The van der Waals surface area contributed by atoms with Gasteiger partial charge in [-0.25, -0.2) is 8.42 Å². The molecule has 9 heteroatoms. The Morgan fingerprint density at radius 3 is 2.23 bits per heavy atom. The number of nitrogens with zero attached hydrogens (tertiary/aromatic N) is 3. The number of sulfonamides is 1. The Kier molecular flexibility index (Phi) is 7.30. The summed E-state index contributed by atoms with van der Waals surface area (Å²) in [6, 6.07) is 16.6. The largest absolute Gasteiger partial charge is 0.497 e. The first-order valence-electron chi connectivity index (χ1n) is 11.5. The summed E-state index contributed by atoms with van der Waals surface area (Å²) in [4.78, 5) is 15.3. The fourth-order valence-corrected chi connectivity index (χ4v) is 6.15. The van der Waals surface area contributed by atoms with Gasteiger partial charge in [0.05, 0.1) is 20.8 Å². The molecule has 0 saturated carbocycles. The molecule has 0 N–H and O–H groups in total. The Hall–Kier alpha value is -3.14. The summed E-state index contributed by atoms with van der Waals surface area (Å²) in [6.07, 6.45) is 0. The van der Waals surface area contributed by atoms with Gasteiger partial charge in [-0.2, -0.15) is 4.31 Å². The average molecular weight is 498 g/mol. The summed E-state index contributed by atoms with van der Waals surface area (Å²) in [5.74, 6) is 0.755. The van der Waals surface area contributed by atoms with Crippen molar-refractivity contribution in [2.24, 2.45) is 0 Å². The normalized spacial score (nSPS) is 15.2. The topological polar surface area (TPSA) is 81.1 Å². The van der Waals surface area contributed by atoms with Crippen molar-refractivity contribution in [3.05, 3.63) is 71.5 Å². The Balaban J connectivity index is 1.44. The van der Waals surface area contributed by atoms with Gasteiger partial charge in [-0.05, 0) is 44.2 Å². The van der Waals surface area contributed by atoms with Crippen LogP contribution in [-0.2, 0) is 10.0 Å². The molecule has 1 fully saturated rings. The van der Waals surface area contributed by atoms with Crippen LogP contribution in [0, 0.1) is 13.8 Å².